The fourth-order valence-corrected chi connectivity index (χ4v) is 3.87. The Morgan fingerprint density at radius 1 is 1.33 bits per heavy atom. The molecule has 1 aromatic rings. The highest BCUT2D eigenvalue weighted by atomic mass is 32.1. The maximum atomic E-state index is 12.2. The van der Waals surface area contributed by atoms with Crippen LogP contribution in [-0.4, -0.2) is 41.3 Å². The van der Waals surface area contributed by atoms with Crippen LogP contribution in [-0.2, 0) is 16.0 Å². The molecule has 5 nitrogen and oxygen atoms in total. The second-order valence-corrected chi connectivity index (χ2v) is 8.04. The topological polar surface area (TPSA) is 62.3 Å². The summed E-state index contributed by atoms with van der Waals surface area (Å²) in [5, 5.41) is 6.14. The first-order valence-corrected chi connectivity index (χ1v) is 9.77. The van der Waals surface area contributed by atoms with Crippen LogP contribution in [0.4, 0.5) is 0 Å². The molecule has 1 saturated heterocycles. The molecule has 0 radical (unpaired) electrons. The van der Waals surface area contributed by atoms with E-state index in [0.717, 1.165) is 43.1 Å². The van der Waals surface area contributed by atoms with Crippen molar-refractivity contribution in [1.29, 1.82) is 0 Å². The van der Waals surface area contributed by atoms with E-state index in [1.54, 1.807) is 11.3 Å². The summed E-state index contributed by atoms with van der Waals surface area (Å²) < 4.78 is 0. The SMILES string of the molecule is CC(C)C(=O)NCCc1csc(C2CCCN(C(=O)C(C)C)C2)n1. The molecular weight excluding hydrogens is 322 g/mol. The summed E-state index contributed by atoms with van der Waals surface area (Å²) >= 11 is 1.68. The summed E-state index contributed by atoms with van der Waals surface area (Å²) in [7, 11) is 0. The van der Waals surface area contributed by atoms with E-state index in [4.69, 9.17) is 4.98 Å². The van der Waals surface area contributed by atoms with Crippen LogP contribution in [0.25, 0.3) is 0 Å². The minimum atomic E-state index is 0.0164. The second-order valence-electron chi connectivity index (χ2n) is 7.15. The number of piperidine rings is 1. The maximum Gasteiger partial charge on any atom is 0.225 e. The number of likely N-dealkylation sites (tertiary alicyclic amines) is 1. The predicted octanol–water partition coefficient (Wildman–Crippen LogP) is 2.82. The molecule has 1 N–H and O–H groups in total. The summed E-state index contributed by atoms with van der Waals surface area (Å²) in [4.78, 5) is 30.5. The Morgan fingerprint density at radius 2 is 2.08 bits per heavy atom. The number of nitrogens with one attached hydrogen (secondary N) is 1. The minimum Gasteiger partial charge on any atom is -0.355 e. The van der Waals surface area contributed by atoms with E-state index in [-0.39, 0.29) is 23.7 Å². The van der Waals surface area contributed by atoms with Gasteiger partial charge in [-0.2, -0.15) is 0 Å². The Morgan fingerprint density at radius 3 is 2.75 bits per heavy atom. The van der Waals surface area contributed by atoms with Gasteiger partial charge in [0, 0.05) is 49.2 Å². The first-order chi connectivity index (χ1) is 11.4. The van der Waals surface area contributed by atoms with Gasteiger partial charge in [0.15, 0.2) is 0 Å². The summed E-state index contributed by atoms with van der Waals surface area (Å²) in [6.07, 6.45) is 2.90. The number of thiazole rings is 1. The van der Waals surface area contributed by atoms with Gasteiger partial charge in [-0.3, -0.25) is 9.59 Å². The Balaban J connectivity index is 1.88. The van der Waals surface area contributed by atoms with E-state index in [0.29, 0.717) is 12.5 Å². The van der Waals surface area contributed by atoms with Crippen molar-refractivity contribution >= 4 is 23.2 Å². The van der Waals surface area contributed by atoms with Crippen molar-refractivity contribution in [2.45, 2.75) is 52.9 Å². The molecule has 24 heavy (non-hydrogen) atoms. The van der Waals surface area contributed by atoms with Gasteiger partial charge < -0.3 is 10.2 Å². The van der Waals surface area contributed by atoms with Gasteiger partial charge in [-0.25, -0.2) is 4.98 Å². The molecule has 0 spiro atoms. The third-order valence-electron chi connectivity index (χ3n) is 4.35. The highest BCUT2D eigenvalue weighted by Gasteiger charge is 2.27. The fourth-order valence-electron chi connectivity index (χ4n) is 2.89. The van der Waals surface area contributed by atoms with Gasteiger partial charge in [-0.1, -0.05) is 27.7 Å². The van der Waals surface area contributed by atoms with Crippen molar-refractivity contribution in [3.8, 4) is 0 Å². The Labute approximate surface area is 148 Å². The quantitative estimate of drug-likeness (QED) is 0.857. The van der Waals surface area contributed by atoms with E-state index < -0.39 is 0 Å². The molecule has 1 fully saturated rings. The lowest BCUT2D eigenvalue weighted by Crippen LogP contribution is -2.41. The maximum absolute atomic E-state index is 12.2. The predicted molar refractivity (Wildman–Crippen MR) is 97.1 cm³/mol. The molecule has 2 rings (SSSR count). The number of rotatable bonds is 6. The molecule has 134 valence electrons. The molecule has 1 atom stereocenters. The van der Waals surface area contributed by atoms with Crippen molar-refractivity contribution in [2.24, 2.45) is 11.8 Å². The van der Waals surface area contributed by atoms with Crippen molar-refractivity contribution in [1.82, 2.24) is 15.2 Å². The van der Waals surface area contributed by atoms with Gasteiger partial charge in [0.05, 0.1) is 10.7 Å². The van der Waals surface area contributed by atoms with Crippen LogP contribution >= 0.6 is 11.3 Å². The lowest BCUT2D eigenvalue weighted by Gasteiger charge is -2.33. The summed E-state index contributed by atoms with van der Waals surface area (Å²) in [6.45, 7) is 9.98. The Bertz CT molecular complexity index is 568. The lowest BCUT2D eigenvalue weighted by molar-refractivity contribution is -0.135. The highest BCUT2D eigenvalue weighted by Crippen LogP contribution is 2.30. The first kappa shape index (κ1) is 18.9. The van der Waals surface area contributed by atoms with E-state index in [2.05, 4.69) is 10.7 Å². The van der Waals surface area contributed by atoms with Crippen molar-refractivity contribution < 1.29 is 9.59 Å². The average molecular weight is 352 g/mol. The van der Waals surface area contributed by atoms with E-state index >= 15 is 0 Å². The Kier molecular flexibility index (Phi) is 6.78. The number of carbonyl (C=O) groups excluding carboxylic acids is 2. The zero-order valence-corrected chi connectivity index (χ0v) is 16.0. The van der Waals surface area contributed by atoms with Crippen LogP contribution in [0.15, 0.2) is 5.38 Å². The molecule has 1 unspecified atom stereocenters. The molecule has 2 heterocycles. The minimum absolute atomic E-state index is 0.0164. The third-order valence-corrected chi connectivity index (χ3v) is 5.41. The van der Waals surface area contributed by atoms with Gasteiger partial charge >= 0.3 is 0 Å². The molecule has 1 aliphatic rings. The normalized spacial score (nSPS) is 18.2. The van der Waals surface area contributed by atoms with Crippen LogP contribution in [0.2, 0.25) is 0 Å². The van der Waals surface area contributed by atoms with Gasteiger partial charge in [-0.15, -0.1) is 11.3 Å². The van der Waals surface area contributed by atoms with E-state index in [1.807, 2.05) is 32.6 Å². The number of hydrogen-bond donors (Lipinski definition) is 1. The van der Waals surface area contributed by atoms with Crippen molar-refractivity contribution in [3.05, 3.63) is 16.1 Å². The van der Waals surface area contributed by atoms with Crippen LogP contribution < -0.4 is 5.32 Å². The van der Waals surface area contributed by atoms with Gasteiger partial charge in [0.2, 0.25) is 11.8 Å². The molecular formula is C18H29N3O2S. The molecule has 2 amide bonds. The molecule has 1 aromatic heterocycles. The lowest BCUT2D eigenvalue weighted by atomic mass is 9.97. The average Bonchev–Trinajstić information content (AvgIpc) is 3.02. The van der Waals surface area contributed by atoms with Crippen LogP contribution in [0.5, 0.6) is 0 Å². The largest absolute Gasteiger partial charge is 0.355 e. The third kappa shape index (κ3) is 5.03. The zero-order valence-electron chi connectivity index (χ0n) is 15.2. The number of nitrogens with zero attached hydrogens (tertiary/aromatic N) is 2. The fraction of sp³-hybridized carbons (Fsp3) is 0.722. The number of amides is 2. The van der Waals surface area contributed by atoms with Gasteiger partial charge in [0.1, 0.15) is 0 Å². The number of hydrogen-bond acceptors (Lipinski definition) is 4. The summed E-state index contributed by atoms with van der Waals surface area (Å²) in [5.74, 6) is 0.752. The van der Waals surface area contributed by atoms with Crippen LogP contribution in [0.1, 0.15) is 57.2 Å². The summed E-state index contributed by atoms with van der Waals surface area (Å²) in [6, 6.07) is 0. The monoisotopic (exact) mass is 351 g/mol. The molecule has 0 bridgehead atoms. The van der Waals surface area contributed by atoms with Gasteiger partial charge in [-0.05, 0) is 12.8 Å². The molecule has 0 aromatic carbocycles. The zero-order chi connectivity index (χ0) is 17.7. The smallest absolute Gasteiger partial charge is 0.225 e. The van der Waals surface area contributed by atoms with E-state index in [9.17, 15) is 9.59 Å². The van der Waals surface area contributed by atoms with E-state index in [1.165, 1.54) is 0 Å². The van der Waals surface area contributed by atoms with Crippen molar-refractivity contribution in [3.63, 3.8) is 0 Å². The molecule has 0 aliphatic carbocycles. The number of carbonyl (C=O) groups is 2. The van der Waals surface area contributed by atoms with Crippen molar-refractivity contribution in [2.75, 3.05) is 19.6 Å². The first-order valence-electron chi connectivity index (χ1n) is 8.89. The number of aromatic nitrogens is 1. The Hall–Kier alpha value is -1.43. The second kappa shape index (κ2) is 8.60. The van der Waals surface area contributed by atoms with Gasteiger partial charge in [0.25, 0.3) is 0 Å². The highest BCUT2D eigenvalue weighted by molar-refractivity contribution is 7.09. The summed E-state index contributed by atoms with van der Waals surface area (Å²) in [5.41, 5.74) is 1.03. The standard InChI is InChI=1S/C18H29N3O2S/c1-12(2)16(22)19-8-7-15-11-24-17(20-15)14-6-5-9-21(10-14)18(23)13(3)4/h11-14H,5-10H2,1-4H3,(H,19,22). The van der Waals surface area contributed by atoms with Crippen LogP contribution in [0.3, 0.4) is 0 Å². The molecule has 1 aliphatic heterocycles. The molecule has 6 heteroatoms. The molecule has 0 saturated carbocycles. The van der Waals surface area contributed by atoms with Crippen LogP contribution in [0, 0.1) is 11.8 Å².